The SMILES string of the molecule is CNCc1ccc(-c2cccc(F)c2F)o1. The fourth-order valence-corrected chi connectivity index (χ4v) is 1.49. The lowest BCUT2D eigenvalue weighted by Gasteiger charge is -2.00. The lowest BCUT2D eigenvalue weighted by Crippen LogP contribution is -2.03. The highest BCUT2D eigenvalue weighted by molar-refractivity contribution is 5.58. The molecule has 0 aliphatic heterocycles. The highest BCUT2D eigenvalue weighted by Crippen LogP contribution is 2.26. The van der Waals surface area contributed by atoms with Gasteiger partial charge in [-0.25, -0.2) is 8.78 Å². The summed E-state index contributed by atoms with van der Waals surface area (Å²) in [6.07, 6.45) is 0. The van der Waals surface area contributed by atoms with E-state index in [1.807, 2.05) is 0 Å². The molecule has 0 aliphatic rings. The Labute approximate surface area is 91.9 Å². The third-order valence-electron chi connectivity index (χ3n) is 2.23. The molecule has 0 saturated heterocycles. The fourth-order valence-electron chi connectivity index (χ4n) is 1.49. The molecule has 1 N–H and O–H groups in total. The van der Waals surface area contributed by atoms with Crippen molar-refractivity contribution in [3.8, 4) is 11.3 Å². The molecule has 0 bridgehead atoms. The van der Waals surface area contributed by atoms with Gasteiger partial charge in [0, 0.05) is 0 Å². The molecule has 2 aromatic rings. The normalized spacial score (nSPS) is 10.7. The molecule has 0 unspecified atom stereocenters. The Morgan fingerprint density at radius 2 is 2.00 bits per heavy atom. The molecule has 0 atom stereocenters. The van der Waals surface area contributed by atoms with Crippen LogP contribution in [-0.2, 0) is 6.54 Å². The lowest BCUT2D eigenvalue weighted by atomic mass is 10.1. The van der Waals surface area contributed by atoms with E-state index in [0.29, 0.717) is 18.1 Å². The predicted molar refractivity (Wildman–Crippen MR) is 56.8 cm³/mol. The van der Waals surface area contributed by atoms with Gasteiger partial charge in [0.15, 0.2) is 11.6 Å². The maximum atomic E-state index is 13.4. The van der Waals surface area contributed by atoms with Crippen LogP contribution in [0.15, 0.2) is 34.7 Å². The molecule has 0 fully saturated rings. The molecule has 2 nitrogen and oxygen atoms in total. The number of furan rings is 1. The Morgan fingerprint density at radius 3 is 2.75 bits per heavy atom. The van der Waals surface area contributed by atoms with Crippen molar-refractivity contribution in [3.63, 3.8) is 0 Å². The molecule has 16 heavy (non-hydrogen) atoms. The minimum absolute atomic E-state index is 0.141. The van der Waals surface area contributed by atoms with Crippen LogP contribution in [0.3, 0.4) is 0 Å². The van der Waals surface area contributed by atoms with Gasteiger partial charge in [0.2, 0.25) is 0 Å². The van der Waals surface area contributed by atoms with E-state index in [0.717, 1.165) is 6.07 Å². The van der Waals surface area contributed by atoms with Gasteiger partial charge in [0.05, 0.1) is 12.1 Å². The summed E-state index contributed by atoms with van der Waals surface area (Å²) in [6.45, 7) is 0.553. The number of halogens is 2. The number of hydrogen-bond donors (Lipinski definition) is 1. The van der Waals surface area contributed by atoms with Gasteiger partial charge in [-0.2, -0.15) is 0 Å². The largest absolute Gasteiger partial charge is 0.460 e. The van der Waals surface area contributed by atoms with Crippen LogP contribution in [0, 0.1) is 11.6 Å². The van der Waals surface area contributed by atoms with Gasteiger partial charge in [-0.05, 0) is 31.3 Å². The van der Waals surface area contributed by atoms with E-state index in [4.69, 9.17) is 4.42 Å². The Hall–Kier alpha value is -1.68. The van der Waals surface area contributed by atoms with Gasteiger partial charge >= 0.3 is 0 Å². The summed E-state index contributed by atoms with van der Waals surface area (Å²) in [5.74, 6) is -0.736. The summed E-state index contributed by atoms with van der Waals surface area (Å²) in [7, 11) is 1.78. The average Bonchev–Trinajstić information content (AvgIpc) is 2.71. The summed E-state index contributed by atoms with van der Waals surface area (Å²) < 4.78 is 31.8. The van der Waals surface area contributed by atoms with Crippen molar-refractivity contribution < 1.29 is 13.2 Å². The first-order valence-electron chi connectivity index (χ1n) is 4.90. The fraction of sp³-hybridized carbons (Fsp3) is 0.167. The average molecular weight is 223 g/mol. The van der Waals surface area contributed by atoms with E-state index in [-0.39, 0.29) is 5.56 Å². The molecular weight excluding hydrogens is 212 g/mol. The maximum Gasteiger partial charge on any atom is 0.169 e. The van der Waals surface area contributed by atoms with Crippen molar-refractivity contribution in [1.29, 1.82) is 0 Å². The van der Waals surface area contributed by atoms with Crippen molar-refractivity contribution in [2.24, 2.45) is 0 Å². The Kier molecular flexibility index (Phi) is 3.01. The smallest absolute Gasteiger partial charge is 0.169 e. The van der Waals surface area contributed by atoms with Crippen LogP contribution < -0.4 is 5.32 Å². The van der Waals surface area contributed by atoms with Crippen molar-refractivity contribution in [2.75, 3.05) is 7.05 Å². The van der Waals surface area contributed by atoms with Gasteiger partial charge in [0.25, 0.3) is 0 Å². The van der Waals surface area contributed by atoms with Crippen LogP contribution in [0.2, 0.25) is 0 Å². The van der Waals surface area contributed by atoms with Gasteiger partial charge in [-0.1, -0.05) is 6.07 Å². The zero-order valence-corrected chi connectivity index (χ0v) is 8.76. The van der Waals surface area contributed by atoms with E-state index in [1.54, 1.807) is 19.2 Å². The van der Waals surface area contributed by atoms with E-state index < -0.39 is 11.6 Å². The van der Waals surface area contributed by atoms with Crippen LogP contribution in [0.4, 0.5) is 8.78 Å². The minimum Gasteiger partial charge on any atom is -0.460 e. The second kappa shape index (κ2) is 4.45. The van der Waals surface area contributed by atoms with Crippen LogP contribution in [0.5, 0.6) is 0 Å². The standard InChI is InChI=1S/C12H11F2NO/c1-15-7-8-5-6-11(16-8)9-3-2-4-10(13)12(9)14/h2-6,15H,7H2,1H3. The Bertz CT molecular complexity index is 494. The van der Waals surface area contributed by atoms with E-state index in [1.165, 1.54) is 12.1 Å². The highest BCUT2D eigenvalue weighted by atomic mass is 19.2. The first kappa shape index (κ1) is 10.8. The quantitative estimate of drug-likeness (QED) is 0.865. The van der Waals surface area contributed by atoms with Crippen molar-refractivity contribution >= 4 is 0 Å². The zero-order valence-electron chi connectivity index (χ0n) is 8.76. The van der Waals surface area contributed by atoms with Crippen molar-refractivity contribution in [2.45, 2.75) is 6.54 Å². The van der Waals surface area contributed by atoms with Gasteiger partial charge in [0.1, 0.15) is 11.5 Å². The third-order valence-corrected chi connectivity index (χ3v) is 2.23. The molecular formula is C12H11F2NO. The van der Waals surface area contributed by atoms with Crippen molar-refractivity contribution in [3.05, 3.63) is 47.7 Å². The highest BCUT2D eigenvalue weighted by Gasteiger charge is 2.12. The topological polar surface area (TPSA) is 25.2 Å². The molecule has 1 aromatic heterocycles. The van der Waals surface area contributed by atoms with Gasteiger partial charge in [-0.3, -0.25) is 0 Å². The number of benzene rings is 1. The summed E-state index contributed by atoms with van der Waals surface area (Å²) in [4.78, 5) is 0. The Morgan fingerprint density at radius 1 is 1.19 bits per heavy atom. The van der Waals surface area contributed by atoms with E-state index in [2.05, 4.69) is 5.32 Å². The molecule has 0 radical (unpaired) electrons. The molecule has 84 valence electrons. The van der Waals surface area contributed by atoms with Gasteiger partial charge < -0.3 is 9.73 Å². The molecule has 2 rings (SSSR count). The number of nitrogens with one attached hydrogen (secondary N) is 1. The maximum absolute atomic E-state index is 13.4. The summed E-state index contributed by atoms with van der Waals surface area (Å²) in [6, 6.07) is 7.38. The second-order valence-electron chi connectivity index (χ2n) is 3.40. The summed E-state index contributed by atoms with van der Waals surface area (Å²) in [5.41, 5.74) is 0.141. The number of rotatable bonds is 3. The minimum atomic E-state index is -0.882. The molecule has 0 saturated carbocycles. The summed E-state index contributed by atoms with van der Waals surface area (Å²) >= 11 is 0. The van der Waals surface area contributed by atoms with E-state index >= 15 is 0 Å². The van der Waals surface area contributed by atoms with Gasteiger partial charge in [-0.15, -0.1) is 0 Å². The molecule has 0 spiro atoms. The summed E-state index contributed by atoms with van der Waals surface area (Å²) in [5, 5.41) is 2.91. The monoisotopic (exact) mass is 223 g/mol. The van der Waals surface area contributed by atoms with Crippen LogP contribution in [-0.4, -0.2) is 7.05 Å². The molecule has 1 heterocycles. The predicted octanol–water partition coefficient (Wildman–Crippen LogP) is 2.94. The first-order valence-corrected chi connectivity index (χ1v) is 4.90. The molecule has 1 aromatic carbocycles. The lowest BCUT2D eigenvalue weighted by molar-refractivity contribution is 0.488. The van der Waals surface area contributed by atoms with Crippen LogP contribution in [0.25, 0.3) is 11.3 Å². The second-order valence-corrected chi connectivity index (χ2v) is 3.40. The van der Waals surface area contributed by atoms with Crippen LogP contribution >= 0.6 is 0 Å². The number of hydrogen-bond acceptors (Lipinski definition) is 2. The Balaban J connectivity index is 2.39. The third kappa shape index (κ3) is 1.97. The van der Waals surface area contributed by atoms with Crippen LogP contribution in [0.1, 0.15) is 5.76 Å². The molecule has 0 aliphatic carbocycles. The molecule has 4 heteroatoms. The zero-order chi connectivity index (χ0) is 11.5. The first-order chi connectivity index (χ1) is 7.72. The van der Waals surface area contributed by atoms with Crippen molar-refractivity contribution in [1.82, 2.24) is 5.32 Å². The molecule has 0 amide bonds. The van der Waals surface area contributed by atoms with E-state index in [9.17, 15) is 8.78 Å².